The minimum atomic E-state index is -1.12. The highest BCUT2D eigenvalue weighted by molar-refractivity contribution is 6.05. The molecule has 5 heteroatoms. The number of pyridine rings is 1. The summed E-state index contributed by atoms with van der Waals surface area (Å²) in [6.07, 6.45) is 2.97. The molecule has 0 aliphatic heterocycles. The van der Waals surface area contributed by atoms with E-state index in [1.165, 1.54) is 0 Å². The molecule has 0 radical (unpaired) electrons. The number of hydrogen-bond acceptors (Lipinski definition) is 3. The van der Waals surface area contributed by atoms with Gasteiger partial charge in [-0.05, 0) is 25.8 Å². The third-order valence-electron chi connectivity index (χ3n) is 3.83. The van der Waals surface area contributed by atoms with Gasteiger partial charge in [-0.25, -0.2) is 4.79 Å². The van der Waals surface area contributed by atoms with Crippen molar-refractivity contribution in [1.82, 2.24) is 4.57 Å². The van der Waals surface area contributed by atoms with Crippen molar-refractivity contribution in [2.45, 2.75) is 46.6 Å². The van der Waals surface area contributed by atoms with Crippen LogP contribution in [0, 0.1) is 0 Å². The minimum Gasteiger partial charge on any atom is -0.477 e. The second-order valence-electron chi connectivity index (χ2n) is 5.19. The van der Waals surface area contributed by atoms with Gasteiger partial charge in [0.2, 0.25) is 0 Å². The molecule has 0 atom stereocenters. The van der Waals surface area contributed by atoms with Crippen LogP contribution in [0.5, 0.6) is 0 Å². The molecule has 1 aromatic heterocycles. The second-order valence-corrected chi connectivity index (χ2v) is 5.19. The first-order valence-electron chi connectivity index (χ1n) is 7.17. The lowest BCUT2D eigenvalue weighted by molar-refractivity contribution is 0.0681. The molecule has 1 aliphatic carbocycles. The maximum Gasteiger partial charge on any atom is 0.352 e. The quantitative estimate of drug-likeness (QED) is 0.924. The van der Waals surface area contributed by atoms with E-state index >= 15 is 0 Å². The monoisotopic (exact) mass is 289 g/mol. The Morgan fingerprint density at radius 1 is 1.33 bits per heavy atom. The van der Waals surface area contributed by atoms with Crippen molar-refractivity contribution in [3.05, 3.63) is 38.8 Å². The van der Waals surface area contributed by atoms with E-state index in [0.29, 0.717) is 25.1 Å². The number of aromatic carboxylic acids is 1. The van der Waals surface area contributed by atoms with Crippen molar-refractivity contribution in [2.75, 3.05) is 0 Å². The van der Waals surface area contributed by atoms with Gasteiger partial charge in [0.15, 0.2) is 11.2 Å². The Balaban J connectivity index is 2.98. The van der Waals surface area contributed by atoms with Crippen LogP contribution in [0.15, 0.2) is 10.9 Å². The van der Waals surface area contributed by atoms with Gasteiger partial charge in [-0.2, -0.15) is 0 Å². The Morgan fingerprint density at radius 2 is 2.00 bits per heavy atom. The molecule has 0 amide bonds. The molecule has 0 fully saturated rings. The van der Waals surface area contributed by atoms with E-state index < -0.39 is 11.4 Å². The fraction of sp³-hybridized carbons (Fsp3) is 0.438. The Kier molecular flexibility index (Phi) is 4.11. The van der Waals surface area contributed by atoms with Crippen molar-refractivity contribution in [3.8, 4) is 0 Å². The predicted molar refractivity (Wildman–Crippen MR) is 79.9 cm³/mol. The molecule has 21 heavy (non-hydrogen) atoms. The summed E-state index contributed by atoms with van der Waals surface area (Å²) in [6.45, 7) is 5.91. The lowest BCUT2D eigenvalue weighted by Crippen LogP contribution is -2.32. The third kappa shape index (κ3) is 2.33. The van der Waals surface area contributed by atoms with Crippen LogP contribution in [0.3, 0.4) is 0 Å². The number of Topliss-reactive ketones (excluding diaryl/α,β-unsaturated/α-hetero) is 1. The molecule has 0 bridgehead atoms. The van der Waals surface area contributed by atoms with E-state index in [9.17, 15) is 19.5 Å². The molecular formula is C16H19NO4. The molecule has 0 spiro atoms. The van der Waals surface area contributed by atoms with Gasteiger partial charge in [-0.1, -0.05) is 19.4 Å². The van der Waals surface area contributed by atoms with Crippen LogP contribution in [0.4, 0.5) is 0 Å². The number of aromatic nitrogens is 1. The summed E-state index contributed by atoms with van der Waals surface area (Å²) < 4.78 is 1.59. The standard InChI is InChI=1S/C16H19NO4/c1-4-6-10-14(16(20)21)17(5-2)13-9(3)7-8-11(18)12(13)15(10)19/h7H,4-6,8H2,1-3H3,(H,20,21). The van der Waals surface area contributed by atoms with Crippen LogP contribution in [0.25, 0.3) is 5.57 Å². The smallest absolute Gasteiger partial charge is 0.352 e. The first-order valence-corrected chi connectivity index (χ1v) is 7.17. The molecule has 0 saturated carbocycles. The van der Waals surface area contributed by atoms with Gasteiger partial charge in [0.1, 0.15) is 5.69 Å². The molecule has 1 heterocycles. The summed E-state index contributed by atoms with van der Waals surface area (Å²) in [5.74, 6) is -1.34. The number of fused-ring (bicyclic) bond motifs is 1. The van der Waals surface area contributed by atoms with Crippen LogP contribution in [0.1, 0.15) is 65.7 Å². The largest absolute Gasteiger partial charge is 0.477 e. The van der Waals surface area contributed by atoms with E-state index in [-0.39, 0.29) is 29.0 Å². The third-order valence-corrected chi connectivity index (χ3v) is 3.83. The van der Waals surface area contributed by atoms with Gasteiger partial charge in [0.25, 0.3) is 0 Å². The molecule has 5 nitrogen and oxygen atoms in total. The second kappa shape index (κ2) is 5.68. The lowest BCUT2D eigenvalue weighted by atomic mass is 9.90. The number of ketones is 1. The van der Waals surface area contributed by atoms with Crippen molar-refractivity contribution in [3.63, 3.8) is 0 Å². The van der Waals surface area contributed by atoms with Crippen molar-refractivity contribution in [1.29, 1.82) is 0 Å². The normalized spacial score (nSPS) is 13.9. The molecule has 0 saturated heterocycles. The average Bonchev–Trinajstić information content (AvgIpc) is 2.44. The molecule has 1 aliphatic rings. The highest BCUT2D eigenvalue weighted by Crippen LogP contribution is 2.27. The zero-order valence-corrected chi connectivity index (χ0v) is 12.5. The SMILES string of the molecule is CCCc1c(C(=O)O)n(CC)c2c(c1=O)C(=O)CC=C2C. The van der Waals surface area contributed by atoms with Crippen molar-refractivity contribution in [2.24, 2.45) is 0 Å². The van der Waals surface area contributed by atoms with Crippen molar-refractivity contribution >= 4 is 17.3 Å². The molecule has 2 rings (SSSR count). The van der Waals surface area contributed by atoms with E-state index in [0.717, 1.165) is 5.57 Å². The summed E-state index contributed by atoms with van der Waals surface area (Å²) in [5, 5.41) is 9.52. The number of rotatable bonds is 4. The predicted octanol–water partition coefficient (Wildman–Crippen LogP) is 2.51. The highest BCUT2D eigenvalue weighted by atomic mass is 16.4. The van der Waals surface area contributed by atoms with Crippen LogP contribution >= 0.6 is 0 Å². The number of allylic oxidation sites excluding steroid dienone is 2. The minimum absolute atomic E-state index is 0.0190. The zero-order valence-electron chi connectivity index (χ0n) is 12.5. The Hall–Kier alpha value is -2.17. The first-order chi connectivity index (χ1) is 9.93. The number of carbonyl (C=O) groups is 2. The van der Waals surface area contributed by atoms with Gasteiger partial charge in [0.05, 0.1) is 11.3 Å². The fourth-order valence-corrected chi connectivity index (χ4v) is 2.93. The summed E-state index contributed by atoms with van der Waals surface area (Å²) >= 11 is 0. The van der Waals surface area contributed by atoms with E-state index in [2.05, 4.69) is 0 Å². The van der Waals surface area contributed by atoms with E-state index in [4.69, 9.17) is 0 Å². The fourth-order valence-electron chi connectivity index (χ4n) is 2.93. The van der Waals surface area contributed by atoms with Crippen molar-refractivity contribution < 1.29 is 14.7 Å². The Labute approximate surface area is 122 Å². The number of carbonyl (C=O) groups excluding carboxylic acids is 1. The molecule has 0 aromatic carbocycles. The molecule has 1 N–H and O–H groups in total. The van der Waals surface area contributed by atoms with E-state index in [1.807, 2.05) is 20.8 Å². The number of carboxylic acid groups (broad SMARTS) is 1. The lowest BCUT2D eigenvalue weighted by Gasteiger charge is -2.23. The first kappa shape index (κ1) is 15.2. The maximum atomic E-state index is 12.6. The van der Waals surface area contributed by atoms with Gasteiger partial charge >= 0.3 is 5.97 Å². The number of hydrogen-bond donors (Lipinski definition) is 1. The summed E-state index contributed by atoms with van der Waals surface area (Å²) in [4.78, 5) is 36.4. The Morgan fingerprint density at radius 3 is 2.52 bits per heavy atom. The zero-order chi connectivity index (χ0) is 15.7. The maximum absolute atomic E-state index is 12.6. The summed E-state index contributed by atoms with van der Waals surface area (Å²) in [7, 11) is 0. The molecule has 0 unspecified atom stereocenters. The average molecular weight is 289 g/mol. The van der Waals surface area contributed by atoms with Crippen LogP contribution in [0.2, 0.25) is 0 Å². The highest BCUT2D eigenvalue weighted by Gasteiger charge is 2.29. The van der Waals surface area contributed by atoms with Crippen LogP contribution in [-0.2, 0) is 13.0 Å². The van der Waals surface area contributed by atoms with Gasteiger partial charge < -0.3 is 9.67 Å². The van der Waals surface area contributed by atoms with Gasteiger partial charge in [0, 0.05) is 18.5 Å². The summed E-state index contributed by atoms with van der Waals surface area (Å²) in [5.41, 5.74) is 1.26. The molecular weight excluding hydrogens is 270 g/mol. The Bertz CT molecular complexity index is 710. The van der Waals surface area contributed by atoms with Crippen LogP contribution in [-0.4, -0.2) is 21.4 Å². The number of nitrogens with zero attached hydrogens (tertiary/aromatic N) is 1. The topological polar surface area (TPSA) is 76.4 Å². The van der Waals surface area contributed by atoms with Gasteiger partial charge in [-0.3, -0.25) is 9.59 Å². The summed E-state index contributed by atoms with van der Waals surface area (Å²) in [6, 6.07) is 0. The van der Waals surface area contributed by atoms with Crippen LogP contribution < -0.4 is 5.43 Å². The molecule has 1 aromatic rings. The van der Waals surface area contributed by atoms with E-state index in [1.54, 1.807) is 10.6 Å². The number of carboxylic acids is 1. The van der Waals surface area contributed by atoms with Gasteiger partial charge in [-0.15, -0.1) is 0 Å². The molecule has 112 valence electrons.